The molecule has 0 saturated carbocycles. The molecule has 6 nitrogen and oxygen atoms in total. The molecule has 2 N–H and O–H groups in total. The Balaban J connectivity index is 3.77. The van der Waals surface area contributed by atoms with Crippen LogP contribution in [0.3, 0.4) is 0 Å². The molecule has 0 bridgehead atoms. The van der Waals surface area contributed by atoms with Crippen LogP contribution in [-0.4, -0.2) is 22.5 Å². The van der Waals surface area contributed by atoms with Gasteiger partial charge in [-0.2, -0.15) is 0 Å². The molecule has 0 fully saturated rings. The lowest BCUT2D eigenvalue weighted by molar-refractivity contribution is 0.116. The van der Waals surface area contributed by atoms with Crippen LogP contribution in [0.25, 0.3) is 0 Å². The van der Waals surface area contributed by atoms with Crippen LogP contribution in [-0.2, 0) is 9.47 Å². The van der Waals surface area contributed by atoms with Crippen molar-refractivity contribution in [1.29, 1.82) is 0 Å². The summed E-state index contributed by atoms with van der Waals surface area (Å²) in [4.78, 5) is 20.1. The standard InChI is InChI=1S/C10H12O6/c1-7(15-9(11)12)5-3-4-6-8(2)16-10(13)14/h3-4H,1-2,5-6H2,(H,11,12)(H,13,14). The second-order valence-corrected chi connectivity index (χ2v) is 2.69. The molecule has 0 saturated heterocycles. The van der Waals surface area contributed by atoms with Gasteiger partial charge >= 0.3 is 12.3 Å². The molecule has 0 atom stereocenters. The summed E-state index contributed by atoms with van der Waals surface area (Å²) in [6, 6.07) is 0. The van der Waals surface area contributed by atoms with Crippen LogP contribution in [0.4, 0.5) is 9.59 Å². The Hall–Kier alpha value is -2.24. The van der Waals surface area contributed by atoms with Gasteiger partial charge in [0.05, 0.1) is 0 Å². The predicted molar refractivity (Wildman–Crippen MR) is 54.9 cm³/mol. The molecule has 6 heteroatoms. The summed E-state index contributed by atoms with van der Waals surface area (Å²) in [6.45, 7) is 6.72. The number of rotatable bonds is 6. The maximum atomic E-state index is 10.1. The lowest BCUT2D eigenvalue weighted by Crippen LogP contribution is -1.99. The fraction of sp³-hybridized carbons (Fsp3) is 0.200. The third-order valence-corrected chi connectivity index (χ3v) is 1.32. The second kappa shape index (κ2) is 7.10. The molecule has 16 heavy (non-hydrogen) atoms. The number of ether oxygens (including phenoxy) is 2. The van der Waals surface area contributed by atoms with E-state index in [9.17, 15) is 9.59 Å². The number of allylic oxidation sites excluding steroid dienone is 2. The molecule has 0 aliphatic carbocycles. The van der Waals surface area contributed by atoms with Crippen molar-refractivity contribution in [2.24, 2.45) is 0 Å². The maximum Gasteiger partial charge on any atom is 0.511 e. The van der Waals surface area contributed by atoms with Gasteiger partial charge < -0.3 is 19.7 Å². The van der Waals surface area contributed by atoms with E-state index in [-0.39, 0.29) is 24.4 Å². The molecule has 0 heterocycles. The van der Waals surface area contributed by atoms with E-state index in [1.54, 1.807) is 12.2 Å². The van der Waals surface area contributed by atoms with Crippen LogP contribution in [0.1, 0.15) is 12.8 Å². The van der Waals surface area contributed by atoms with E-state index in [2.05, 4.69) is 22.6 Å². The second-order valence-electron chi connectivity index (χ2n) is 2.69. The smallest absolute Gasteiger partial charge is 0.449 e. The largest absolute Gasteiger partial charge is 0.511 e. The van der Waals surface area contributed by atoms with E-state index in [0.29, 0.717) is 0 Å². The molecule has 0 aromatic heterocycles. The molecule has 0 rings (SSSR count). The van der Waals surface area contributed by atoms with Gasteiger partial charge in [0, 0.05) is 12.8 Å². The highest BCUT2D eigenvalue weighted by Crippen LogP contribution is 2.05. The number of hydrogen-bond donors (Lipinski definition) is 2. The van der Waals surface area contributed by atoms with Crippen LogP contribution in [0.2, 0.25) is 0 Å². The highest BCUT2D eigenvalue weighted by molar-refractivity contribution is 5.58. The third kappa shape index (κ3) is 8.36. The monoisotopic (exact) mass is 228 g/mol. The van der Waals surface area contributed by atoms with Gasteiger partial charge in [0.2, 0.25) is 0 Å². The molecule has 0 aromatic carbocycles. The first-order valence-electron chi connectivity index (χ1n) is 4.24. The number of hydrogen-bond acceptors (Lipinski definition) is 4. The molecule has 0 aromatic rings. The predicted octanol–water partition coefficient (Wildman–Crippen LogP) is 2.74. The molecular weight excluding hydrogens is 216 g/mol. The summed E-state index contributed by atoms with van der Waals surface area (Å²) in [7, 11) is 0. The minimum Gasteiger partial charge on any atom is -0.449 e. The Morgan fingerprint density at radius 2 is 1.25 bits per heavy atom. The van der Waals surface area contributed by atoms with Crippen molar-refractivity contribution in [2.75, 3.05) is 0 Å². The maximum absolute atomic E-state index is 10.1. The Labute approximate surface area is 92.1 Å². The lowest BCUT2D eigenvalue weighted by atomic mass is 10.3. The first-order valence-corrected chi connectivity index (χ1v) is 4.24. The summed E-state index contributed by atoms with van der Waals surface area (Å²) in [6.07, 6.45) is 0.733. The Bertz CT molecular complexity index is 296. The van der Waals surface area contributed by atoms with Crippen molar-refractivity contribution >= 4 is 12.3 Å². The van der Waals surface area contributed by atoms with Crippen LogP contribution >= 0.6 is 0 Å². The molecule has 88 valence electrons. The highest BCUT2D eigenvalue weighted by Gasteiger charge is 2.00. The molecule has 0 spiro atoms. The highest BCUT2D eigenvalue weighted by atomic mass is 16.7. The first-order chi connectivity index (χ1) is 7.41. The summed E-state index contributed by atoms with van der Waals surface area (Å²) in [5, 5.41) is 16.4. The topological polar surface area (TPSA) is 93.1 Å². The summed E-state index contributed by atoms with van der Waals surface area (Å²) in [5.41, 5.74) is 0. The Morgan fingerprint density at radius 3 is 1.50 bits per heavy atom. The van der Waals surface area contributed by atoms with Gasteiger partial charge in [0.25, 0.3) is 0 Å². The molecule has 0 aliphatic heterocycles. The molecule has 0 unspecified atom stereocenters. The summed E-state index contributed by atoms with van der Waals surface area (Å²) >= 11 is 0. The van der Waals surface area contributed by atoms with E-state index >= 15 is 0 Å². The van der Waals surface area contributed by atoms with Gasteiger partial charge in [-0.3, -0.25) is 0 Å². The third-order valence-electron chi connectivity index (χ3n) is 1.32. The van der Waals surface area contributed by atoms with E-state index in [1.807, 2.05) is 0 Å². The van der Waals surface area contributed by atoms with Gasteiger partial charge in [0.1, 0.15) is 11.5 Å². The zero-order valence-corrected chi connectivity index (χ0v) is 8.51. The molecule has 0 aliphatic rings. The number of carbonyl (C=O) groups is 2. The van der Waals surface area contributed by atoms with E-state index in [4.69, 9.17) is 10.2 Å². The SMILES string of the molecule is C=C(CC=CCC(=C)OC(=O)O)OC(=O)O. The minimum absolute atomic E-state index is 0.0773. The fourth-order valence-electron chi connectivity index (χ4n) is 0.760. The quantitative estimate of drug-likeness (QED) is 0.412. The fourth-order valence-corrected chi connectivity index (χ4v) is 0.760. The van der Waals surface area contributed by atoms with Gasteiger partial charge in [-0.15, -0.1) is 0 Å². The van der Waals surface area contributed by atoms with E-state index in [0.717, 1.165) is 0 Å². The average molecular weight is 228 g/mol. The van der Waals surface area contributed by atoms with Gasteiger partial charge in [-0.25, -0.2) is 9.59 Å². The van der Waals surface area contributed by atoms with Crippen molar-refractivity contribution in [3.63, 3.8) is 0 Å². The summed E-state index contributed by atoms with van der Waals surface area (Å²) < 4.78 is 8.49. The number of carboxylic acid groups (broad SMARTS) is 2. The van der Waals surface area contributed by atoms with Crippen molar-refractivity contribution in [3.8, 4) is 0 Å². The van der Waals surface area contributed by atoms with Crippen molar-refractivity contribution in [3.05, 3.63) is 36.8 Å². The van der Waals surface area contributed by atoms with Crippen LogP contribution in [0.5, 0.6) is 0 Å². The van der Waals surface area contributed by atoms with Crippen LogP contribution in [0, 0.1) is 0 Å². The van der Waals surface area contributed by atoms with Crippen molar-refractivity contribution < 1.29 is 29.3 Å². The van der Waals surface area contributed by atoms with E-state index in [1.165, 1.54) is 0 Å². The average Bonchev–Trinajstić information content (AvgIpc) is 2.10. The van der Waals surface area contributed by atoms with Gasteiger partial charge in [-0.1, -0.05) is 25.3 Å². The Kier molecular flexibility index (Phi) is 6.11. The van der Waals surface area contributed by atoms with E-state index < -0.39 is 12.3 Å². The first kappa shape index (κ1) is 13.8. The summed E-state index contributed by atoms with van der Waals surface area (Å²) in [5.74, 6) is 0.155. The minimum atomic E-state index is -1.42. The normalized spacial score (nSPS) is 9.75. The zero-order chi connectivity index (χ0) is 12.6. The Morgan fingerprint density at radius 1 is 0.938 bits per heavy atom. The van der Waals surface area contributed by atoms with Gasteiger partial charge in [-0.05, 0) is 0 Å². The van der Waals surface area contributed by atoms with Crippen LogP contribution < -0.4 is 0 Å². The molecule has 0 amide bonds. The van der Waals surface area contributed by atoms with Gasteiger partial charge in [0.15, 0.2) is 0 Å². The molecular formula is C10H12O6. The molecule has 0 radical (unpaired) electrons. The zero-order valence-electron chi connectivity index (χ0n) is 8.51. The van der Waals surface area contributed by atoms with Crippen LogP contribution in [0.15, 0.2) is 36.8 Å². The lowest BCUT2D eigenvalue weighted by Gasteiger charge is -2.00. The van der Waals surface area contributed by atoms with Crippen molar-refractivity contribution in [1.82, 2.24) is 0 Å². The van der Waals surface area contributed by atoms with Crippen molar-refractivity contribution in [2.45, 2.75) is 12.8 Å².